The lowest BCUT2D eigenvalue weighted by molar-refractivity contribution is 0.0721. The van der Waals surface area contributed by atoms with Gasteiger partial charge in [-0.3, -0.25) is 9.80 Å². The normalized spacial score (nSPS) is 23.8. The van der Waals surface area contributed by atoms with Crippen LogP contribution in [0.5, 0.6) is 0 Å². The summed E-state index contributed by atoms with van der Waals surface area (Å²) < 4.78 is 0. The average molecular weight is 297 g/mol. The Morgan fingerprint density at radius 1 is 1.14 bits per heavy atom. The Bertz CT molecular complexity index is 619. The zero-order valence-electron chi connectivity index (χ0n) is 13.1. The van der Waals surface area contributed by atoms with Gasteiger partial charge in [-0.2, -0.15) is 15.4 Å². The van der Waals surface area contributed by atoms with Gasteiger partial charge in [0.05, 0.1) is 0 Å². The molecule has 1 saturated carbocycles. The number of hydrogen-bond acceptors (Lipinski definition) is 4. The van der Waals surface area contributed by atoms with Crippen LogP contribution in [0.1, 0.15) is 25.5 Å². The minimum atomic E-state index is 0.578. The molecule has 1 aromatic heterocycles. The molecule has 1 atom stereocenters. The number of rotatable bonds is 4. The van der Waals surface area contributed by atoms with Crippen LogP contribution in [0.4, 0.5) is 0 Å². The second kappa shape index (κ2) is 5.82. The van der Waals surface area contributed by atoms with E-state index in [1.807, 2.05) is 18.2 Å². The Balaban J connectivity index is 1.47. The molecule has 5 heteroatoms. The number of nitrogens with one attached hydrogen (secondary N) is 1. The predicted molar refractivity (Wildman–Crippen MR) is 86.3 cm³/mol. The first-order valence-electron chi connectivity index (χ1n) is 8.24. The summed E-state index contributed by atoms with van der Waals surface area (Å²) in [5.41, 5.74) is 3.17. The molecule has 116 valence electrons. The van der Waals surface area contributed by atoms with Crippen molar-refractivity contribution in [2.24, 2.45) is 0 Å². The number of aromatic nitrogens is 3. The first kappa shape index (κ1) is 13.9. The third kappa shape index (κ3) is 2.78. The maximum atomic E-state index is 4.40. The van der Waals surface area contributed by atoms with Gasteiger partial charge in [0, 0.05) is 43.8 Å². The van der Waals surface area contributed by atoms with Gasteiger partial charge in [-0.15, -0.1) is 0 Å². The quantitative estimate of drug-likeness (QED) is 0.939. The molecule has 0 spiro atoms. The maximum absolute atomic E-state index is 4.40. The highest BCUT2D eigenvalue weighted by molar-refractivity contribution is 5.60. The van der Waals surface area contributed by atoms with Gasteiger partial charge < -0.3 is 0 Å². The summed E-state index contributed by atoms with van der Waals surface area (Å²) in [6, 6.07) is 11.8. The molecule has 1 aromatic carbocycles. The lowest BCUT2D eigenvalue weighted by Crippen LogP contribution is -2.52. The Hall–Kier alpha value is -1.72. The summed E-state index contributed by atoms with van der Waals surface area (Å²) in [5.74, 6) is 0. The minimum absolute atomic E-state index is 0.578. The van der Waals surface area contributed by atoms with E-state index in [-0.39, 0.29) is 0 Å². The molecular weight excluding hydrogens is 274 g/mol. The summed E-state index contributed by atoms with van der Waals surface area (Å²) in [6.07, 6.45) is 2.79. The number of piperazine rings is 1. The van der Waals surface area contributed by atoms with E-state index in [1.54, 1.807) is 0 Å². The molecule has 1 saturated heterocycles. The number of aromatic amines is 1. The first-order valence-corrected chi connectivity index (χ1v) is 8.24. The molecule has 1 unspecified atom stereocenters. The van der Waals surface area contributed by atoms with E-state index >= 15 is 0 Å². The number of H-pyrrole nitrogens is 1. The van der Waals surface area contributed by atoms with Gasteiger partial charge >= 0.3 is 0 Å². The van der Waals surface area contributed by atoms with E-state index in [0.29, 0.717) is 6.04 Å². The summed E-state index contributed by atoms with van der Waals surface area (Å²) in [4.78, 5) is 5.19. The molecule has 2 heterocycles. The zero-order chi connectivity index (χ0) is 14.9. The Morgan fingerprint density at radius 2 is 1.95 bits per heavy atom. The average Bonchev–Trinajstić information content (AvgIpc) is 3.30. The minimum Gasteiger partial charge on any atom is -0.298 e. The Labute approximate surface area is 131 Å². The first-order chi connectivity index (χ1) is 10.8. The predicted octanol–water partition coefficient (Wildman–Crippen LogP) is 2.14. The Kier molecular flexibility index (Phi) is 3.68. The summed E-state index contributed by atoms with van der Waals surface area (Å²) >= 11 is 0. The molecule has 4 rings (SSSR count). The van der Waals surface area contributed by atoms with Gasteiger partial charge in [0.25, 0.3) is 0 Å². The smallest absolute Gasteiger partial charge is 0.117 e. The van der Waals surface area contributed by atoms with Crippen LogP contribution < -0.4 is 0 Å². The van der Waals surface area contributed by atoms with E-state index in [1.165, 1.54) is 25.9 Å². The van der Waals surface area contributed by atoms with E-state index in [9.17, 15) is 0 Å². The zero-order valence-corrected chi connectivity index (χ0v) is 13.1. The van der Waals surface area contributed by atoms with Crippen molar-refractivity contribution in [1.82, 2.24) is 25.2 Å². The molecule has 2 fully saturated rings. The standard InChI is InChI=1S/C17H23N5/c1-13-11-22(15-7-8-15)10-9-21(13)12-16-17(19-20-18-16)14-5-3-2-4-6-14/h2-6,13,15H,7-12H2,1H3,(H,18,19,20). The summed E-state index contributed by atoms with van der Waals surface area (Å²) in [7, 11) is 0. The Morgan fingerprint density at radius 3 is 2.68 bits per heavy atom. The van der Waals surface area contributed by atoms with E-state index in [0.717, 1.165) is 36.1 Å². The van der Waals surface area contributed by atoms with Crippen LogP contribution in [0.15, 0.2) is 30.3 Å². The lowest BCUT2D eigenvalue weighted by Gasteiger charge is -2.39. The summed E-state index contributed by atoms with van der Waals surface area (Å²) in [6.45, 7) is 6.70. The molecule has 1 aliphatic carbocycles. The molecule has 0 amide bonds. The van der Waals surface area contributed by atoms with Crippen molar-refractivity contribution in [3.8, 4) is 11.3 Å². The van der Waals surface area contributed by atoms with Crippen molar-refractivity contribution in [2.75, 3.05) is 19.6 Å². The SMILES string of the molecule is CC1CN(C2CC2)CCN1Cc1n[nH]nc1-c1ccccc1. The van der Waals surface area contributed by atoms with Gasteiger partial charge in [0.2, 0.25) is 0 Å². The highest BCUT2D eigenvalue weighted by atomic mass is 15.4. The van der Waals surface area contributed by atoms with E-state index < -0.39 is 0 Å². The van der Waals surface area contributed by atoms with Crippen LogP contribution >= 0.6 is 0 Å². The highest BCUT2D eigenvalue weighted by Gasteiger charge is 2.34. The fraction of sp³-hybridized carbons (Fsp3) is 0.529. The lowest BCUT2D eigenvalue weighted by atomic mass is 10.1. The van der Waals surface area contributed by atoms with Gasteiger partial charge in [-0.1, -0.05) is 30.3 Å². The molecule has 22 heavy (non-hydrogen) atoms. The van der Waals surface area contributed by atoms with Gasteiger partial charge in [0.15, 0.2) is 0 Å². The van der Waals surface area contributed by atoms with Crippen molar-refractivity contribution in [3.63, 3.8) is 0 Å². The highest BCUT2D eigenvalue weighted by Crippen LogP contribution is 2.29. The second-order valence-corrected chi connectivity index (χ2v) is 6.53. The van der Waals surface area contributed by atoms with Crippen LogP contribution in [0.2, 0.25) is 0 Å². The molecule has 0 radical (unpaired) electrons. The van der Waals surface area contributed by atoms with Gasteiger partial charge in [-0.25, -0.2) is 0 Å². The van der Waals surface area contributed by atoms with Crippen molar-refractivity contribution in [3.05, 3.63) is 36.0 Å². The fourth-order valence-corrected chi connectivity index (χ4v) is 3.41. The topological polar surface area (TPSA) is 48.0 Å². The van der Waals surface area contributed by atoms with Gasteiger partial charge in [-0.05, 0) is 19.8 Å². The molecular formula is C17H23N5. The molecule has 0 bridgehead atoms. The maximum Gasteiger partial charge on any atom is 0.117 e. The monoisotopic (exact) mass is 297 g/mol. The van der Waals surface area contributed by atoms with Crippen molar-refractivity contribution >= 4 is 0 Å². The van der Waals surface area contributed by atoms with Crippen molar-refractivity contribution < 1.29 is 0 Å². The van der Waals surface area contributed by atoms with E-state index in [4.69, 9.17) is 0 Å². The van der Waals surface area contributed by atoms with Crippen molar-refractivity contribution in [1.29, 1.82) is 0 Å². The van der Waals surface area contributed by atoms with Crippen LogP contribution in [0, 0.1) is 0 Å². The molecule has 1 aliphatic heterocycles. The molecule has 5 nitrogen and oxygen atoms in total. The third-order valence-corrected chi connectivity index (χ3v) is 4.88. The van der Waals surface area contributed by atoms with Crippen LogP contribution in [0.3, 0.4) is 0 Å². The van der Waals surface area contributed by atoms with Crippen molar-refractivity contribution in [2.45, 2.75) is 38.4 Å². The fourth-order valence-electron chi connectivity index (χ4n) is 3.41. The second-order valence-electron chi connectivity index (χ2n) is 6.53. The number of nitrogens with zero attached hydrogens (tertiary/aromatic N) is 4. The van der Waals surface area contributed by atoms with Crippen LogP contribution in [0.25, 0.3) is 11.3 Å². The van der Waals surface area contributed by atoms with Crippen LogP contribution in [-0.4, -0.2) is 56.9 Å². The van der Waals surface area contributed by atoms with Gasteiger partial charge in [0.1, 0.15) is 11.4 Å². The van der Waals surface area contributed by atoms with Crippen LogP contribution in [-0.2, 0) is 6.54 Å². The molecule has 2 aliphatic rings. The largest absolute Gasteiger partial charge is 0.298 e. The third-order valence-electron chi connectivity index (χ3n) is 4.88. The number of hydrogen-bond donors (Lipinski definition) is 1. The molecule has 1 N–H and O–H groups in total. The molecule has 2 aromatic rings. The number of benzene rings is 1. The summed E-state index contributed by atoms with van der Waals surface area (Å²) in [5, 5.41) is 11.6. The van der Waals surface area contributed by atoms with E-state index in [2.05, 4.69) is 44.3 Å².